The Balaban J connectivity index is 1.74. The lowest BCUT2D eigenvalue weighted by molar-refractivity contribution is -0.133. The highest BCUT2D eigenvalue weighted by Gasteiger charge is 2.44. The highest BCUT2D eigenvalue weighted by Crippen LogP contribution is 2.28. The largest absolute Gasteiger partial charge is 0.443 e. The first kappa shape index (κ1) is 10.7. The van der Waals surface area contributed by atoms with Crippen LogP contribution in [0.4, 0.5) is 4.79 Å². The number of amides is 1. The van der Waals surface area contributed by atoms with Crippen molar-refractivity contribution < 1.29 is 14.6 Å². The highest BCUT2D eigenvalue weighted by molar-refractivity contribution is 5.69. The minimum Gasteiger partial charge on any atom is -0.443 e. The summed E-state index contributed by atoms with van der Waals surface area (Å²) in [6, 6.07) is 0. The molecule has 0 spiro atoms. The van der Waals surface area contributed by atoms with Crippen molar-refractivity contribution in [2.24, 2.45) is 5.92 Å². The van der Waals surface area contributed by atoms with Crippen LogP contribution in [0.3, 0.4) is 0 Å². The van der Waals surface area contributed by atoms with E-state index in [1.165, 1.54) is 0 Å². The lowest BCUT2D eigenvalue weighted by Gasteiger charge is -2.49. The van der Waals surface area contributed by atoms with Gasteiger partial charge in [-0.3, -0.25) is 4.90 Å². The quantitative estimate of drug-likeness (QED) is 0.683. The summed E-state index contributed by atoms with van der Waals surface area (Å²) >= 11 is 0. The van der Waals surface area contributed by atoms with Gasteiger partial charge in [0, 0.05) is 19.6 Å². The number of ether oxygens (including phenoxy) is 1. The fourth-order valence-electron chi connectivity index (χ4n) is 2.04. The second-order valence-electron chi connectivity index (χ2n) is 4.84. The van der Waals surface area contributed by atoms with Crippen LogP contribution in [0.5, 0.6) is 0 Å². The Morgan fingerprint density at radius 1 is 1.67 bits per heavy atom. The van der Waals surface area contributed by atoms with Gasteiger partial charge in [0.1, 0.15) is 6.10 Å². The summed E-state index contributed by atoms with van der Waals surface area (Å²) in [5.74, 6) is 0.276. The normalized spacial score (nSPS) is 29.9. The van der Waals surface area contributed by atoms with E-state index in [1.807, 2.05) is 13.8 Å². The molecule has 0 aromatic heterocycles. The Kier molecular flexibility index (Phi) is 2.60. The van der Waals surface area contributed by atoms with Gasteiger partial charge in [-0.25, -0.2) is 4.79 Å². The number of carbonyl (C=O) groups excluding carboxylic acids is 1. The molecule has 2 rings (SSSR count). The topological polar surface area (TPSA) is 61.8 Å². The van der Waals surface area contributed by atoms with Crippen LogP contribution in [0.15, 0.2) is 0 Å². The number of hydrogen-bond acceptors (Lipinski definition) is 4. The first-order valence-electron chi connectivity index (χ1n) is 5.39. The molecule has 5 heteroatoms. The van der Waals surface area contributed by atoms with Gasteiger partial charge in [-0.1, -0.05) is 13.8 Å². The van der Waals surface area contributed by atoms with E-state index < -0.39 is 5.60 Å². The number of rotatable bonds is 3. The molecule has 0 aromatic rings. The lowest BCUT2D eigenvalue weighted by atomic mass is 9.83. The summed E-state index contributed by atoms with van der Waals surface area (Å²) in [6.45, 7) is 6.70. The second-order valence-corrected chi connectivity index (χ2v) is 4.84. The Labute approximate surface area is 89.4 Å². The van der Waals surface area contributed by atoms with Crippen molar-refractivity contribution in [1.82, 2.24) is 10.2 Å². The van der Waals surface area contributed by atoms with Gasteiger partial charge in [-0.05, 0) is 5.92 Å². The number of hydrogen-bond donors (Lipinski definition) is 2. The Hall–Kier alpha value is -0.810. The Morgan fingerprint density at radius 3 is 2.80 bits per heavy atom. The lowest BCUT2D eigenvalue weighted by Crippen LogP contribution is -2.65. The summed E-state index contributed by atoms with van der Waals surface area (Å²) in [5, 5.41) is 12.6. The van der Waals surface area contributed by atoms with E-state index in [2.05, 4.69) is 10.2 Å². The number of cyclic esters (lactones) is 1. The number of nitrogens with zero attached hydrogens (tertiary/aromatic N) is 1. The van der Waals surface area contributed by atoms with Crippen LogP contribution in [-0.4, -0.2) is 54.0 Å². The molecule has 15 heavy (non-hydrogen) atoms. The van der Waals surface area contributed by atoms with E-state index >= 15 is 0 Å². The zero-order valence-corrected chi connectivity index (χ0v) is 9.19. The number of β-amino-alcohol motifs (C(OH)–C–C–N with tert-alkyl or cyclic N) is 1. The number of alkyl carbamates (subject to hydrolysis) is 1. The molecule has 0 bridgehead atoms. The highest BCUT2D eigenvalue weighted by atomic mass is 16.6. The summed E-state index contributed by atoms with van der Waals surface area (Å²) in [6.07, 6.45) is -0.395. The minimum atomic E-state index is -0.546. The van der Waals surface area contributed by atoms with Gasteiger partial charge in [-0.15, -0.1) is 0 Å². The average molecular weight is 214 g/mol. The maximum atomic E-state index is 10.8. The fourth-order valence-corrected chi connectivity index (χ4v) is 2.04. The maximum Gasteiger partial charge on any atom is 0.407 e. The van der Waals surface area contributed by atoms with Crippen molar-refractivity contribution in [2.75, 3.05) is 26.2 Å². The molecule has 0 aromatic carbocycles. The van der Waals surface area contributed by atoms with E-state index in [4.69, 9.17) is 4.74 Å². The predicted molar refractivity (Wildman–Crippen MR) is 54.5 cm³/mol. The van der Waals surface area contributed by atoms with Crippen molar-refractivity contribution in [1.29, 1.82) is 0 Å². The van der Waals surface area contributed by atoms with E-state index in [0.29, 0.717) is 26.2 Å². The van der Waals surface area contributed by atoms with Gasteiger partial charge in [0.05, 0.1) is 12.1 Å². The molecule has 2 aliphatic rings. The zero-order valence-electron chi connectivity index (χ0n) is 9.19. The minimum absolute atomic E-state index is 0.0609. The molecule has 0 radical (unpaired) electrons. The number of likely N-dealkylation sites (tertiary alicyclic amines) is 1. The van der Waals surface area contributed by atoms with E-state index in [9.17, 15) is 9.90 Å². The molecular weight excluding hydrogens is 196 g/mol. The molecule has 0 saturated carbocycles. The van der Waals surface area contributed by atoms with Gasteiger partial charge in [0.2, 0.25) is 0 Å². The summed E-state index contributed by atoms with van der Waals surface area (Å²) < 4.78 is 5.02. The van der Waals surface area contributed by atoms with Gasteiger partial charge < -0.3 is 15.2 Å². The molecule has 5 nitrogen and oxygen atoms in total. The molecule has 2 heterocycles. The van der Waals surface area contributed by atoms with Crippen LogP contribution >= 0.6 is 0 Å². The Morgan fingerprint density at radius 2 is 2.33 bits per heavy atom. The van der Waals surface area contributed by atoms with Crippen LogP contribution in [-0.2, 0) is 4.74 Å². The molecule has 1 atom stereocenters. The van der Waals surface area contributed by atoms with Crippen LogP contribution < -0.4 is 5.32 Å². The third-order valence-electron chi connectivity index (χ3n) is 3.28. The molecular formula is C10H18N2O3. The second kappa shape index (κ2) is 3.64. The van der Waals surface area contributed by atoms with Crippen LogP contribution in [0.25, 0.3) is 0 Å². The summed E-state index contributed by atoms with van der Waals surface area (Å²) in [4.78, 5) is 12.9. The van der Waals surface area contributed by atoms with Crippen LogP contribution in [0.1, 0.15) is 13.8 Å². The first-order valence-corrected chi connectivity index (χ1v) is 5.39. The number of aliphatic hydroxyl groups is 1. The van der Waals surface area contributed by atoms with Gasteiger partial charge in [0.25, 0.3) is 0 Å². The predicted octanol–water partition coefficient (Wildman–Crippen LogP) is -0.203. The van der Waals surface area contributed by atoms with Gasteiger partial charge >= 0.3 is 6.09 Å². The molecule has 2 fully saturated rings. The van der Waals surface area contributed by atoms with Crippen molar-refractivity contribution >= 4 is 6.09 Å². The standard InChI is InChI=1S/C10H18N2O3/c1-7(2)10(14)5-12(6-10)4-8-3-11-9(13)15-8/h7-8,14H,3-6H2,1-2H3,(H,11,13). The molecule has 1 unspecified atom stereocenters. The molecule has 2 N–H and O–H groups in total. The first-order chi connectivity index (χ1) is 6.99. The van der Waals surface area contributed by atoms with E-state index in [-0.39, 0.29) is 18.1 Å². The molecule has 0 aliphatic carbocycles. The van der Waals surface area contributed by atoms with Crippen molar-refractivity contribution in [3.63, 3.8) is 0 Å². The van der Waals surface area contributed by atoms with E-state index in [1.54, 1.807) is 0 Å². The SMILES string of the molecule is CC(C)C1(O)CN(CC2CNC(=O)O2)C1. The zero-order chi connectivity index (χ0) is 11.1. The number of carbonyl (C=O) groups is 1. The van der Waals surface area contributed by atoms with Crippen LogP contribution in [0, 0.1) is 5.92 Å². The maximum absolute atomic E-state index is 10.8. The molecule has 86 valence electrons. The van der Waals surface area contributed by atoms with Crippen LogP contribution in [0.2, 0.25) is 0 Å². The molecule has 2 saturated heterocycles. The fraction of sp³-hybridized carbons (Fsp3) is 0.900. The monoisotopic (exact) mass is 214 g/mol. The van der Waals surface area contributed by atoms with Crippen molar-refractivity contribution in [2.45, 2.75) is 25.6 Å². The van der Waals surface area contributed by atoms with Gasteiger partial charge in [0.15, 0.2) is 0 Å². The van der Waals surface area contributed by atoms with Crippen molar-refractivity contribution in [3.05, 3.63) is 0 Å². The summed E-state index contributed by atoms with van der Waals surface area (Å²) in [7, 11) is 0. The smallest absolute Gasteiger partial charge is 0.407 e. The number of nitrogens with one attached hydrogen (secondary N) is 1. The molecule has 1 amide bonds. The third-order valence-corrected chi connectivity index (χ3v) is 3.28. The van der Waals surface area contributed by atoms with E-state index in [0.717, 1.165) is 0 Å². The Bertz CT molecular complexity index is 261. The summed E-state index contributed by atoms with van der Waals surface area (Å²) in [5.41, 5.74) is -0.546. The average Bonchev–Trinajstić information content (AvgIpc) is 2.48. The molecule has 2 aliphatic heterocycles. The van der Waals surface area contributed by atoms with Gasteiger partial charge in [-0.2, -0.15) is 0 Å². The van der Waals surface area contributed by atoms with Crippen molar-refractivity contribution in [3.8, 4) is 0 Å². The third kappa shape index (κ3) is 2.08.